The molecule has 0 aromatic carbocycles. The van der Waals surface area contributed by atoms with Crippen molar-refractivity contribution in [3.05, 3.63) is 0 Å². The standard InChI is InChI=1S/C28H56O2/c1-5-8-10-12-14-15-16-17-18-20-23-26(4)28(29)30-25-27(22-7-3)24-21-19-13-11-9-6-2/h26-27H,5-25H2,1-4H3. The van der Waals surface area contributed by atoms with Crippen LogP contribution in [-0.2, 0) is 9.53 Å². The zero-order valence-corrected chi connectivity index (χ0v) is 21.3. The van der Waals surface area contributed by atoms with Crippen LogP contribution in [0.5, 0.6) is 0 Å². The van der Waals surface area contributed by atoms with Crippen molar-refractivity contribution in [3.8, 4) is 0 Å². The summed E-state index contributed by atoms with van der Waals surface area (Å²) in [6, 6.07) is 0. The third kappa shape index (κ3) is 19.4. The normalized spacial score (nSPS) is 13.3. The van der Waals surface area contributed by atoms with Crippen LogP contribution in [0.2, 0.25) is 0 Å². The highest BCUT2D eigenvalue weighted by Gasteiger charge is 2.16. The number of ether oxygens (including phenoxy) is 1. The van der Waals surface area contributed by atoms with Crippen molar-refractivity contribution in [2.45, 2.75) is 156 Å². The average molecular weight is 425 g/mol. The van der Waals surface area contributed by atoms with Crippen LogP contribution < -0.4 is 0 Å². The van der Waals surface area contributed by atoms with Gasteiger partial charge in [0.2, 0.25) is 0 Å². The first-order valence-corrected chi connectivity index (χ1v) is 13.8. The summed E-state index contributed by atoms with van der Waals surface area (Å²) >= 11 is 0. The van der Waals surface area contributed by atoms with Crippen LogP contribution in [0.3, 0.4) is 0 Å². The van der Waals surface area contributed by atoms with E-state index in [1.54, 1.807) is 0 Å². The molecule has 30 heavy (non-hydrogen) atoms. The van der Waals surface area contributed by atoms with Gasteiger partial charge in [-0.25, -0.2) is 0 Å². The molecule has 0 rings (SSSR count). The summed E-state index contributed by atoms with van der Waals surface area (Å²) in [5, 5.41) is 0. The molecule has 0 aromatic heterocycles. The van der Waals surface area contributed by atoms with E-state index in [9.17, 15) is 4.79 Å². The smallest absolute Gasteiger partial charge is 0.308 e. The SMILES string of the molecule is CCCCCCCCCCCCC(C)C(=O)OCC(CCC)CCCCCCCC. The minimum Gasteiger partial charge on any atom is -0.465 e. The summed E-state index contributed by atoms with van der Waals surface area (Å²) in [6.07, 6.45) is 26.1. The molecule has 0 saturated heterocycles. The minimum atomic E-state index is 0.0370. The zero-order valence-electron chi connectivity index (χ0n) is 21.3. The molecule has 0 bridgehead atoms. The quantitative estimate of drug-likeness (QED) is 0.120. The second-order valence-electron chi connectivity index (χ2n) is 9.71. The van der Waals surface area contributed by atoms with Crippen LogP contribution in [0, 0.1) is 11.8 Å². The molecule has 2 nitrogen and oxygen atoms in total. The van der Waals surface area contributed by atoms with E-state index in [0.29, 0.717) is 12.5 Å². The van der Waals surface area contributed by atoms with Gasteiger partial charge in [0, 0.05) is 0 Å². The molecule has 2 atom stereocenters. The van der Waals surface area contributed by atoms with E-state index in [-0.39, 0.29) is 11.9 Å². The van der Waals surface area contributed by atoms with Gasteiger partial charge in [0.1, 0.15) is 0 Å². The minimum absolute atomic E-state index is 0.0370. The maximum absolute atomic E-state index is 12.4. The summed E-state index contributed by atoms with van der Waals surface area (Å²) in [4.78, 5) is 12.4. The maximum Gasteiger partial charge on any atom is 0.308 e. The highest BCUT2D eigenvalue weighted by molar-refractivity contribution is 5.71. The Morgan fingerprint density at radius 3 is 1.47 bits per heavy atom. The molecule has 2 unspecified atom stereocenters. The number of carbonyl (C=O) groups excluding carboxylic acids is 1. The topological polar surface area (TPSA) is 26.3 Å². The molecule has 0 radical (unpaired) electrons. The fraction of sp³-hybridized carbons (Fsp3) is 0.964. The molecule has 0 heterocycles. The lowest BCUT2D eigenvalue weighted by molar-refractivity contribution is -0.149. The predicted octanol–water partition coefficient (Wildman–Crippen LogP) is 9.64. The molecule has 0 spiro atoms. The van der Waals surface area contributed by atoms with Gasteiger partial charge in [0.05, 0.1) is 12.5 Å². The van der Waals surface area contributed by atoms with E-state index in [4.69, 9.17) is 4.74 Å². The molecular formula is C28H56O2. The third-order valence-electron chi connectivity index (χ3n) is 6.52. The first-order chi connectivity index (χ1) is 14.7. The van der Waals surface area contributed by atoms with Gasteiger partial charge < -0.3 is 4.74 Å². The lowest BCUT2D eigenvalue weighted by atomic mass is 9.96. The van der Waals surface area contributed by atoms with E-state index >= 15 is 0 Å². The highest BCUT2D eigenvalue weighted by atomic mass is 16.5. The van der Waals surface area contributed by atoms with Crippen molar-refractivity contribution in [2.75, 3.05) is 6.61 Å². The summed E-state index contributed by atoms with van der Waals surface area (Å²) in [7, 11) is 0. The molecule has 0 aromatic rings. The molecular weight excluding hydrogens is 368 g/mol. The molecule has 0 aliphatic carbocycles. The van der Waals surface area contributed by atoms with Gasteiger partial charge in [-0.3, -0.25) is 4.79 Å². The molecule has 0 saturated carbocycles. The number of rotatable bonds is 23. The monoisotopic (exact) mass is 424 g/mol. The summed E-state index contributed by atoms with van der Waals surface area (Å²) in [5.74, 6) is 0.667. The van der Waals surface area contributed by atoms with E-state index in [1.807, 2.05) is 0 Å². The Morgan fingerprint density at radius 2 is 1.00 bits per heavy atom. The summed E-state index contributed by atoms with van der Waals surface area (Å²) in [6.45, 7) is 9.48. The van der Waals surface area contributed by atoms with Crippen molar-refractivity contribution in [1.29, 1.82) is 0 Å². The maximum atomic E-state index is 12.4. The lowest BCUT2D eigenvalue weighted by Crippen LogP contribution is -2.19. The van der Waals surface area contributed by atoms with Crippen molar-refractivity contribution >= 4 is 5.97 Å². The molecule has 0 fully saturated rings. The first-order valence-electron chi connectivity index (χ1n) is 13.8. The van der Waals surface area contributed by atoms with Crippen molar-refractivity contribution in [2.24, 2.45) is 11.8 Å². The highest BCUT2D eigenvalue weighted by Crippen LogP contribution is 2.19. The van der Waals surface area contributed by atoms with Gasteiger partial charge in [-0.1, -0.05) is 137 Å². The van der Waals surface area contributed by atoms with E-state index in [2.05, 4.69) is 27.7 Å². The van der Waals surface area contributed by atoms with E-state index in [1.165, 1.54) is 122 Å². The average Bonchev–Trinajstić information content (AvgIpc) is 2.75. The lowest BCUT2D eigenvalue weighted by Gasteiger charge is -2.18. The molecule has 0 aliphatic rings. The number of unbranched alkanes of at least 4 members (excludes halogenated alkanes) is 14. The zero-order chi connectivity index (χ0) is 22.3. The van der Waals surface area contributed by atoms with Gasteiger partial charge in [0.25, 0.3) is 0 Å². The van der Waals surface area contributed by atoms with Crippen LogP contribution in [0.4, 0.5) is 0 Å². The Kier molecular flexibility index (Phi) is 22.7. The third-order valence-corrected chi connectivity index (χ3v) is 6.52. The van der Waals surface area contributed by atoms with E-state index in [0.717, 1.165) is 6.42 Å². The Hall–Kier alpha value is -0.530. The fourth-order valence-electron chi connectivity index (χ4n) is 4.33. The molecule has 0 aliphatic heterocycles. The Bertz CT molecular complexity index is 353. The molecule has 0 amide bonds. The summed E-state index contributed by atoms with van der Waals surface area (Å²) in [5.41, 5.74) is 0. The molecule has 2 heteroatoms. The van der Waals surface area contributed by atoms with Crippen LogP contribution >= 0.6 is 0 Å². The second-order valence-corrected chi connectivity index (χ2v) is 9.71. The number of carbonyl (C=O) groups is 1. The van der Waals surface area contributed by atoms with Gasteiger partial charge in [-0.05, 0) is 25.2 Å². The Balaban J connectivity index is 3.72. The summed E-state index contributed by atoms with van der Waals surface area (Å²) < 4.78 is 5.72. The van der Waals surface area contributed by atoms with Gasteiger partial charge in [-0.15, -0.1) is 0 Å². The van der Waals surface area contributed by atoms with Crippen LogP contribution in [0.15, 0.2) is 0 Å². The Labute approximate surface area is 190 Å². The number of hydrogen-bond acceptors (Lipinski definition) is 2. The van der Waals surface area contributed by atoms with Crippen molar-refractivity contribution in [3.63, 3.8) is 0 Å². The molecule has 180 valence electrons. The largest absolute Gasteiger partial charge is 0.465 e. The van der Waals surface area contributed by atoms with Gasteiger partial charge >= 0.3 is 5.97 Å². The Morgan fingerprint density at radius 1 is 0.567 bits per heavy atom. The van der Waals surface area contributed by atoms with Crippen molar-refractivity contribution < 1.29 is 9.53 Å². The fourth-order valence-corrected chi connectivity index (χ4v) is 4.33. The van der Waals surface area contributed by atoms with Gasteiger partial charge in [-0.2, -0.15) is 0 Å². The van der Waals surface area contributed by atoms with Crippen molar-refractivity contribution in [1.82, 2.24) is 0 Å². The predicted molar refractivity (Wildman–Crippen MR) is 133 cm³/mol. The van der Waals surface area contributed by atoms with E-state index < -0.39 is 0 Å². The van der Waals surface area contributed by atoms with Crippen LogP contribution in [0.25, 0.3) is 0 Å². The van der Waals surface area contributed by atoms with Crippen LogP contribution in [0.1, 0.15) is 156 Å². The number of esters is 1. The van der Waals surface area contributed by atoms with Gasteiger partial charge in [0.15, 0.2) is 0 Å². The molecule has 0 N–H and O–H groups in total. The first kappa shape index (κ1) is 29.5. The second kappa shape index (κ2) is 23.1. The number of hydrogen-bond donors (Lipinski definition) is 0. The van der Waals surface area contributed by atoms with Crippen LogP contribution in [-0.4, -0.2) is 12.6 Å².